The van der Waals surface area contributed by atoms with Crippen LogP contribution in [0, 0.1) is 0 Å². The lowest BCUT2D eigenvalue weighted by Crippen LogP contribution is -2.21. The Bertz CT molecular complexity index is 939. The van der Waals surface area contributed by atoms with E-state index in [1.807, 2.05) is 66.9 Å². The van der Waals surface area contributed by atoms with Crippen LogP contribution in [-0.2, 0) is 20.7 Å². The van der Waals surface area contributed by atoms with Crippen LogP contribution in [0.2, 0.25) is 0 Å². The zero-order valence-corrected chi connectivity index (χ0v) is 15.2. The first kappa shape index (κ1) is 18.0. The van der Waals surface area contributed by atoms with E-state index in [-0.39, 0.29) is 18.9 Å². The van der Waals surface area contributed by atoms with Crippen molar-refractivity contribution in [3.8, 4) is 0 Å². The van der Waals surface area contributed by atoms with E-state index in [1.54, 1.807) is 17.8 Å². The van der Waals surface area contributed by atoms with E-state index in [0.29, 0.717) is 5.69 Å². The van der Waals surface area contributed by atoms with Crippen molar-refractivity contribution in [3.05, 3.63) is 72.3 Å². The van der Waals surface area contributed by atoms with Crippen LogP contribution in [0.3, 0.4) is 0 Å². The van der Waals surface area contributed by atoms with E-state index >= 15 is 0 Å². The highest BCUT2D eigenvalue weighted by molar-refractivity contribution is 7.98. The number of ether oxygens (including phenoxy) is 1. The summed E-state index contributed by atoms with van der Waals surface area (Å²) in [5, 5.41) is 4.93. The number of hydrogen-bond donors (Lipinski definition) is 1. The van der Waals surface area contributed by atoms with Gasteiger partial charge in [0.2, 0.25) is 0 Å². The maximum absolute atomic E-state index is 12.0. The fraction of sp³-hybridized carbons (Fsp3) is 0.143. The lowest BCUT2D eigenvalue weighted by Gasteiger charge is -2.08. The maximum Gasteiger partial charge on any atom is 0.310 e. The summed E-state index contributed by atoms with van der Waals surface area (Å²) in [6.07, 6.45) is 2.11. The lowest BCUT2D eigenvalue weighted by molar-refractivity contribution is -0.146. The summed E-state index contributed by atoms with van der Waals surface area (Å²) in [4.78, 5) is 25.0. The van der Waals surface area contributed by atoms with Gasteiger partial charge in [-0.05, 0) is 40.8 Å². The number of thioether (sulfide) groups is 1. The Kier molecular flexibility index (Phi) is 5.92. The number of amides is 1. The predicted octanol–water partition coefficient (Wildman–Crippen LogP) is 4.29. The van der Waals surface area contributed by atoms with Crippen LogP contribution < -0.4 is 5.32 Å². The third-order valence-corrected chi connectivity index (χ3v) is 4.61. The minimum Gasteiger partial charge on any atom is -0.455 e. The van der Waals surface area contributed by atoms with Gasteiger partial charge in [0.05, 0.1) is 6.42 Å². The van der Waals surface area contributed by atoms with E-state index in [0.717, 1.165) is 21.2 Å². The van der Waals surface area contributed by atoms with Gasteiger partial charge in [-0.1, -0.05) is 48.5 Å². The number of hydrogen-bond acceptors (Lipinski definition) is 4. The summed E-state index contributed by atoms with van der Waals surface area (Å²) in [7, 11) is 0. The molecule has 0 aliphatic heterocycles. The van der Waals surface area contributed by atoms with Gasteiger partial charge in [0, 0.05) is 10.6 Å². The molecule has 0 atom stereocenters. The maximum atomic E-state index is 12.0. The molecule has 26 heavy (non-hydrogen) atoms. The Morgan fingerprint density at radius 1 is 0.962 bits per heavy atom. The summed E-state index contributed by atoms with van der Waals surface area (Å²) in [6, 6.07) is 21.3. The van der Waals surface area contributed by atoms with Gasteiger partial charge in [-0.25, -0.2) is 0 Å². The fourth-order valence-corrected chi connectivity index (χ4v) is 3.07. The molecule has 0 radical (unpaired) electrons. The molecule has 0 unspecified atom stereocenters. The number of esters is 1. The van der Waals surface area contributed by atoms with Gasteiger partial charge in [0.1, 0.15) is 0 Å². The molecule has 4 nitrogen and oxygen atoms in total. The van der Waals surface area contributed by atoms with Crippen molar-refractivity contribution < 1.29 is 14.3 Å². The SMILES string of the molecule is CSc1cccc(NC(=O)COC(=O)Cc2ccc3ccccc3c2)c1. The fourth-order valence-electron chi connectivity index (χ4n) is 2.61. The molecule has 3 aromatic carbocycles. The molecule has 0 bridgehead atoms. The van der Waals surface area contributed by atoms with Crippen molar-refractivity contribution in [2.45, 2.75) is 11.3 Å². The molecule has 5 heteroatoms. The zero-order chi connectivity index (χ0) is 18.4. The Balaban J connectivity index is 1.51. The highest BCUT2D eigenvalue weighted by atomic mass is 32.2. The van der Waals surface area contributed by atoms with E-state index in [1.165, 1.54) is 0 Å². The average molecular weight is 365 g/mol. The quantitative estimate of drug-likeness (QED) is 0.523. The van der Waals surface area contributed by atoms with E-state index < -0.39 is 5.97 Å². The first-order chi connectivity index (χ1) is 12.6. The zero-order valence-electron chi connectivity index (χ0n) is 14.4. The molecular formula is C21H19NO3S. The van der Waals surface area contributed by atoms with Gasteiger partial charge >= 0.3 is 5.97 Å². The summed E-state index contributed by atoms with van der Waals surface area (Å²) in [5.74, 6) is -0.775. The molecule has 0 spiro atoms. The van der Waals surface area contributed by atoms with Crippen molar-refractivity contribution in [2.24, 2.45) is 0 Å². The van der Waals surface area contributed by atoms with Gasteiger partial charge in [0.15, 0.2) is 6.61 Å². The van der Waals surface area contributed by atoms with Crippen LogP contribution in [-0.4, -0.2) is 24.7 Å². The second-order valence-corrected chi connectivity index (χ2v) is 6.68. The lowest BCUT2D eigenvalue weighted by atomic mass is 10.1. The van der Waals surface area contributed by atoms with Crippen molar-refractivity contribution in [1.82, 2.24) is 0 Å². The van der Waals surface area contributed by atoms with E-state index in [2.05, 4.69) is 5.32 Å². The Morgan fingerprint density at radius 3 is 2.58 bits per heavy atom. The molecule has 1 N–H and O–H groups in total. The van der Waals surface area contributed by atoms with Gasteiger partial charge in [-0.15, -0.1) is 11.8 Å². The normalized spacial score (nSPS) is 10.5. The van der Waals surface area contributed by atoms with Crippen molar-refractivity contribution in [3.63, 3.8) is 0 Å². The summed E-state index contributed by atoms with van der Waals surface area (Å²) < 4.78 is 5.09. The molecule has 1 amide bonds. The smallest absolute Gasteiger partial charge is 0.310 e. The number of benzene rings is 3. The van der Waals surface area contributed by atoms with Crippen LogP contribution in [0.1, 0.15) is 5.56 Å². The highest BCUT2D eigenvalue weighted by Crippen LogP contribution is 2.19. The van der Waals surface area contributed by atoms with Gasteiger partial charge in [0.25, 0.3) is 5.91 Å². The third kappa shape index (κ3) is 4.86. The number of fused-ring (bicyclic) bond motifs is 1. The molecule has 0 saturated carbocycles. The molecule has 0 fully saturated rings. The van der Waals surface area contributed by atoms with E-state index in [9.17, 15) is 9.59 Å². The van der Waals surface area contributed by atoms with Gasteiger partial charge < -0.3 is 10.1 Å². The molecule has 0 saturated heterocycles. The molecule has 0 aliphatic rings. The van der Waals surface area contributed by atoms with Crippen LogP contribution in [0.15, 0.2) is 71.6 Å². The Hall–Kier alpha value is -2.79. The molecule has 3 aromatic rings. The molecule has 0 aliphatic carbocycles. The van der Waals surface area contributed by atoms with Crippen molar-refractivity contribution >= 4 is 40.1 Å². The second-order valence-electron chi connectivity index (χ2n) is 5.80. The molecule has 0 heterocycles. The first-order valence-electron chi connectivity index (χ1n) is 8.21. The van der Waals surface area contributed by atoms with Crippen LogP contribution >= 0.6 is 11.8 Å². The number of carbonyl (C=O) groups excluding carboxylic acids is 2. The monoisotopic (exact) mass is 365 g/mol. The number of carbonyl (C=O) groups is 2. The largest absolute Gasteiger partial charge is 0.455 e. The minimum atomic E-state index is -0.423. The standard InChI is InChI=1S/C21H19NO3S/c1-26-19-8-4-7-18(13-19)22-20(23)14-25-21(24)12-15-9-10-16-5-2-3-6-17(16)11-15/h2-11,13H,12,14H2,1H3,(H,22,23). The van der Waals surface area contributed by atoms with Gasteiger partial charge in [-0.2, -0.15) is 0 Å². The number of nitrogens with one attached hydrogen (secondary N) is 1. The molecule has 132 valence electrons. The predicted molar refractivity (Wildman–Crippen MR) is 105 cm³/mol. The van der Waals surface area contributed by atoms with E-state index in [4.69, 9.17) is 4.74 Å². The molecule has 3 rings (SSSR count). The van der Waals surface area contributed by atoms with Gasteiger partial charge in [-0.3, -0.25) is 9.59 Å². The minimum absolute atomic E-state index is 0.139. The summed E-state index contributed by atoms with van der Waals surface area (Å²) in [5.41, 5.74) is 1.55. The number of anilines is 1. The first-order valence-corrected chi connectivity index (χ1v) is 9.44. The van der Waals surface area contributed by atoms with Crippen molar-refractivity contribution in [1.29, 1.82) is 0 Å². The Morgan fingerprint density at radius 2 is 1.77 bits per heavy atom. The van der Waals surface area contributed by atoms with Crippen LogP contribution in [0.5, 0.6) is 0 Å². The topological polar surface area (TPSA) is 55.4 Å². The Labute approximate surface area is 156 Å². The van der Waals surface area contributed by atoms with Crippen molar-refractivity contribution in [2.75, 3.05) is 18.2 Å². The van der Waals surface area contributed by atoms with Crippen LogP contribution in [0.4, 0.5) is 5.69 Å². The number of rotatable bonds is 6. The van der Waals surface area contributed by atoms with Crippen LogP contribution in [0.25, 0.3) is 10.8 Å². The highest BCUT2D eigenvalue weighted by Gasteiger charge is 2.09. The molecular weight excluding hydrogens is 346 g/mol. The molecule has 0 aromatic heterocycles. The summed E-state index contributed by atoms with van der Waals surface area (Å²) >= 11 is 1.59. The second kappa shape index (κ2) is 8.54. The third-order valence-electron chi connectivity index (χ3n) is 3.88. The average Bonchev–Trinajstić information content (AvgIpc) is 2.66. The summed E-state index contributed by atoms with van der Waals surface area (Å²) in [6.45, 7) is -0.296.